The number of fused-ring (bicyclic) bond motifs is 3. The third-order valence-electron chi connectivity index (χ3n) is 8.32. The fourth-order valence-electron chi connectivity index (χ4n) is 6.15. The van der Waals surface area contributed by atoms with E-state index in [4.69, 9.17) is 4.99 Å². The fourth-order valence-corrected chi connectivity index (χ4v) is 6.15. The maximum Gasteiger partial charge on any atom is 0.208 e. The Bertz CT molecular complexity index is 2140. The molecule has 1 N–H and O–H groups in total. The minimum Gasteiger partial charge on any atom is -0.345 e. The van der Waals surface area contributed by atoms with Crippen molar-refractivity contribution >= 4 is 27.8 Å². The van der Waals surface area contributed by atoms with Crippen LogP contribution in [0.5, 0.6) is 0 Å². The van der Waals surface area contributed by atoms with Crippen molar-refractivity contribution in [1.82, 2.24) is 9.88 Å². The van der Waals surface area contributed by atoms with Crippen LogP contribution in [0.3, 0.4) is 0 Å². The highest BCUT2D eigenvalue weighted by Crippen LogP contribution is 2.34. The number of rotatable bonds is 4. The molecule has 1 unspecified atom stereocenters. The largest absolute Gasteiger partial charge is 0.345 e. The summed E-state index contributed by atoms with van der Waals surface area (Å²) >= 11 is 0. The Morgan fingerprint density at radius 1 is 0.465 bits per heavy atom. The second-order valence-electron chi connectivity index (χ2n) is 10.9. The molecule has 0 bridgehead atoms. The first-order valence-corrected chi connectivity index (χ1v) is 14.7. The molecule has 1 aliphatic heterocycles. The molecule has 0 spiro atoms. The summed E-state index contributed by atoms with van der Waals surface area (Å²) in [4.78, 5) is 4.86. The van der Waals surface area contributed by atoms with Gasteiger partial charge in [-0.3, -0.25) is 4.57 Å². The SMILES string of the molecule is C1=CC(c2cccc(-c3ccc(-c4ccccc4)cc3)c2)NC(n2c3ccccc3c3ccc(-c4ccccc4)cc32)=N1. The highest BCUT2D eigenvalue weighted by atomic mass is 15.2. The van der Waals surface area contributed by atoms with Crippen molar-refractivity contribution in [3.05, 3.63) is 169 Å². The van der Waals surface area contributed by atoms with E-state index in [1.165, 1.54) is 49.7 Å². The minimum atomic E-state index is -0.00967. The number of para-hydroxylation sites is 1. The van der Waals surface area contributed by atoms with Gasteiger partial charge in [0.1, 0.15) is 0 Å². The molecule has 0 fully saturated rings. The summed E-state index contributed by atoms with van der Waals surface area (Å²) in [5, 5.41) is 6.18. The molecular formula is C40H29N3. The maximum absolute atomic E-state index is 4.86. The zero-order valence-electron chi connectivity index (χ0n) is 23.6. The quantitative estimate of drug-likeness (QED) is 0.232. The average molecular weight is 552 g/mol. The zero-order valence-corrected chi connectivity index (χ0v) is 23.6. The molecule has 0 amide bonds. The Morgan fingerprint density at radius 2 is 1.02 bits per heavy atom. The van der Waals surface area contributed by atoms with Gasteiger partial charge in [-0.05, 0) is 63.2 Å². The monoisotopic (exact) mass is 551 g/mol. The maximum atomic E-state index is 4.86. The van der Waals surface area contributed by atoms with Crippen LogP contribution >= 0.6 is 0 Å². The molecular weight excluding hydrogens is 522 g/mol. The van der Waals surface area contributed by atoms with E-state index in [-0.39, 0.29) is 6.04 Å². The van der Waals surface area contributed by atoms with Crippen LogP contribution in [0.1, 0.15) is 11.6 Å². The molecule has 2 heterocycles. The smallest absolute Gasteiger partial charge is 0.208 e. The van der Waals surface area contributed by atoms with Gasteiger partial charge in [-0.1, -0.05) is 133 Å². The highest BCUT2D eigenvalue weighted by molar-refractivity contribution is 6.14. The molecule has 1 atom stereocenters. The number of nitrogens with one attached hydrogen (secondary N) is 1. The molecule has 43 heavy (non-hydrogen) atoms. The van der Waals surface area contributed by atoms with Gasteiger partial charge in [0.25, 0.3) is 0 Å². The Hall–Kier alpha value is -5.67. The van der Waals surface area contributed by atoms with Gasteiger partial charge < -0.3 is 5.32 Å². The van der Waals surface area contributed by atoms with Crippen molar-refractivity contribution in [3.63, 3.8) is 0 Å². The van der Waals surface area contributed by atoms with E-state index < -0.39 is 0 Å². The molecule has 0 saturated heterocycles. The number of aliphatic imine (C=N–C) groups is 1. The van der Waals surface area contributed by atoms with E-state index in [0.717, 1.165) is 17.0 Å². The molecule has 204 valence electrons. The normalized spacial score (nSPS) is 14.5. The number of benzene rings is 6. The van der Waals surface area contributed by atoms with Crippen LogP contribution in [0.2, 0.25) is 0 Å². The van der Waals surface area contributed by atoms with E-state index in [9.17, 15) is 0 Å². The van der Waals surface area contributed by atoms with Crippen molar-refractivity contribution in [2.45, 2.75) is 6.04 Å². The second kappa shape index (κ2) is 10.6. The van der Waals surface area contributed by atoms with E-state index >= 15 is 0 Å². The van der Waals surface area contributed by atoms with Gasteiger partial charge >= 0.3 is 0 Å². The number of hydrogen-bond acceptors (Lipinski definition) is 2. The number of hydrogen-bond donors (Lipinski definition) is 1. The molecule has 0 saturated carbocycles. The molecule has 0 radical (unpaired) electrons. The molecule has 0 aliphatic carbocycles. The summed E-state index contributed by atoms with van der Waals surface area (Å²) in [5.41, 5.74) is 10.7. The summed E-state index contributed by atoms with van der Waals surface area (Å²) in [7, 11) is 0. The van der Waals surface area contributed by atoms with Crippen molar-refractivity contribution in [2.24, 2.45) is 4.99 Å². The van der Waals surface area contributed by atoms with E-state index in [1.807, 2.05) is 6.20 Å². The van der Waals surface area contributed by atoms with Crippen molar-refractivity contribution in [1.29, 1.82) is 0 Å². The molecule has 1 aromatic heterocycles. The Kier molecular flexibility index (Phi) is 6.20. The summed E-state index contributed by atoms with van der Waals surface area (Å²) in [6.07, 6.45) is 4.06. The molecule has 7 aromatic rings. The zero-order chi connectivity index (χ0) is 28.6. The first-order chi connectivity index (χ1) is 21.3. The summed E-state index contributed by atoms with van der Waals surface area (Å²) in [6, 6.07) is 54.0. The van der Waals surface area contributed by atoms with E-state index in [0.29, 0.717) is 0 Å². The van der Waals surface area contributed by atoms with Gasteiger partial charge in [0.15, 0.2) is 0 Å². The highest BCUT2D eigenvalue weighted by Gasteiger charge is 2.20. The average Bonchev–Trinajstić information content (AvgIpc) is 3.43. The summed E-state index contributed by atoms with van der Waals surface area (Å²) < 4.78 is 2.26. The number of aromatic nitrogens is 1. The standard InChI is InChI=1S/C40H29N3/c1-3-10-28(11-4-1)30-18-20-31(21-19-30)32-14-9-15-34(26-32)37-24-25-41-40(42-37)43-38-17-8-7-16-35(38)36-23-22-33(27-39(36)43)29-12-5-2-6-13-29/h1-27,37H,(H,41,42). The number of nitrogens with zero attached hydrogens (tertiary/aromatic N) is 2. The fraction of sp³-hybridized carbons (Fsp3) is 0.0250. The lowest BCUT2D eigenvalue weighted by Gasteiger charge is -2.23. The van der Waals surface area contributed by atoms with Crippen molar-refractivity contribution < 1.29 is 0 Å². The predicted molar refractivity (Wildman–Crippen MR) is 180 cm³/mol. The van der Waals surface area contributed by atoms with Crippen LogP contribution in [0.25, 0.3) is 55.2 Å². The van der Waals surface area contributed by atoms with Gasteiger partial charge in [0.05, 0.1) is 17.1 Å². The van der Waals surface area contributed by atoms with E-state index in [1.54, 1.807) is 0 Å². The second-order valence-corrected chi connectivity index (χ2v) is 10.9. The topological polar surface area (TPSA) is 29.3 Å². The first-order valence-electron chi connectivity index (χ1n) is 14.7. The van der Waals surface area contributed by atoms with Crippen LogP contribution in [-0.2, 0) is 0 Å². The van der Waals surface area contributed by atoms with Crippen LogP contribution in [0.15, 0.2) is 169 Å². The Labute approximate surface area is 251 Å². The first kappa shape index (κ1) is 25.1. The molecule has 8 rings (SSSR count). The minimum absolute atomic E-state index is 0.00967. The lowest BCUT2D eigenvalue weighted by atomic mass is 9.97. The Morgan fingerprint density at radius 3 is 1.79 bits per heavy atom. The Balaban J connectivity index is 1.14. The third-order valence-corrected chi connectivity index (χ3v) is 8.32. The van der Waals surface area contributed by atoms with Crippen molar-refractivity contribution in [2.75, 3.05) is 0 Å². The van der Waals surface area contributed by atoms with Crippen LogP contribution in [-0.4, -0.2) is 10.5 Å². The predicted octanol–water partition coefficient (Wildman–Crippen LogP) is 9.86. The lowest BCUT2D eigenvalue weighted by molar-refractivity contribution is 0.756. The van der Waals surface area contributed by atoms with Gasteiger partial charge in [-0.15, -0.1) is 0 Å². The molecule has 3 nitrogen and oxygen atoms in total. The van der Waals surface area contributed by atoms with Crippen LogP contribution < -0.4 is 5.32 Å². The molecule has 1 aliphatic rings. The van der Waals surface area contributed by atoms with E-state index in [2.05, 4.69) is 168 Å². The summed E-state index contributed by atoms with van der Waals surface area (Å²) in [6.45, 7) is 0. The van der Waals surface area contributed by atoms with Gasteiger partial charge in [-0.2, -0.15) is 0 Å². The van der Waals surface area contributed by atoms with Crippen LogP contribution in [0.4, 0.5) is 0 Å². The summed E-state index contributed by atoms with van der Waals surface area (Å²) in [5.74, 6) is 0.821. The van der Waals surface area contributed by atoms with Crippen LogP contribution in [0, 0.1) is 0 Å². The molecule has 3 heteroatoms. The lowest BCUT2D eigenvalue weighted by Crippen LogP contribution is -2.34. The van der Waals surface area contributed by atoms with Gasteiger partial charge in [0.2, 0.25) is 5.96 Å². The van der Waals surface area contributed by atoms with Gasteiger partial charge in [0, 0.05) is 17.0 Å². The third kappa shape index (κ3) is 4.61. The van der Waals surface area contributed by atoms with Crippen molar-refractivity contribution in [3.8, 4) is 33.4 Å². The molecule has 6 aromatic carbocycles. The van der Waals surface area contributed by atoms with Gasteiger partial charge in [-0.25, -0.2) is 4.99 Å².